The van der Waals surface area contributed by atoms with Crippen LogP contribution in [0.15, 0.2) is 19.7 Å². The summed E-state index contributed by atoms with van der Waals surface area (Å²) in [6.07, 6.45) is 13.0. The van der Waals surface area contributed by atoms with Gasteiger partial charge in [-0.05, 0) is 80.8 Å². The second-order valence-corrected chi connectivity index (χ2v) is 11.2. The van der Waals surface area contributed by atoms with E-state index in [1.54, 1.807) is 0 Å². The van der Waals surface area contributed by atoms with Crippen molar-refractivity contribution in [3.8, 4) is 9.75 Å². The molecule has 134 valence electrons. The van der Waals surface area contributed by atoms with E-state index >= 15 is 0 Å². The number of hydrogen-bond donors (Lipinski definition) is 0. The number of hydrogen-bond acceptors (Lipinski definition) is 2. The minimum atomic E-state index is 1.20. The number of halogens is 2. The van der Waals surface area contributed by atoms with Crippen LogP contribution in [-0.2, 0) is 12.8 Å². The molecule has 2 heterocycles. The Hall–Kier alpha value is 0.360. The summed E-state index contributed by atoms with van der Waals surface area (Å²) in [7, 11) is 0. The lowest BCUT2D eigenvalue weighted by Crippen LogP contribution is -1.86. The fourth-order valence-electron chi connectivity index (χ4n) is 2.96. The Bertz CT molecular complexity index is 613. The fraction of sp³-hybridized carbons (Fsp3) is 0.600. The van der Waals surface area contributed by atoms with Crippen molar-refractivity contribution in [3.05, 3.63) is 30.8 Å². The van der Waals surface area contributed by atoms with E-state index in [9.17, 15) is 0 Å². The summed E-state index contributed by atoms with van der Waals surface area (Å²) in [6.45, 7) is 4.55. The molecule has 0 fully saturated rings. The Morgan fingerprint density at radius 3 is 2.00 bits per heavy atom. The molecule has 24 heavy (non-hydrogen) atoms. The third-order valence-electron chi connectivity index (χ3n) is 4.36. The molecule has 0 atom stereocenters. The normalized spacial score (nSPS) is 11.3. The van der Waals surface area contributed by atoms with Gasteiger partial charge in [-0.25, -0.2) is 0 Å². The summed E-state index contributed by atoms with van der Waals surface area (Å²) in [5.74, 6) is 0. The third kappa shape index (κ3) is 6.26. The van der Waals surface area contributed by atoms with Gasteiger partial charge in [0.15, 0.2) is 0 Å². The van der Waals surface area contributed by atoms with Crippen molar-refractivity contribution in [1.29, 1.82) is 0 Å². The van der Waals surface area contributed by atoms with Gasteiger partial charge in [0.2, 0.25) is 0 Å². The lowest BCUT2D eigenvalue weighted by Gasteiger charge is -2.02. The van der Waals surface area contributed by atoms with Crippen molar-refractivity contribution < 1.29 is 0 Å². The van der Waals surface area contributed by atoms with Gasteiger partial charge in [-0.15, -0.1) is 22.7 Å². The van der Waals surface area contributed by atoms with Crippen LogP contribution < -0.4 is 0 Å². The molecule has 0 saturated heterocycles. The molecule has 0 radical (unpaired) electrons. The minimum Gasteiger partial charge on any atom is -0.127 e. The Balaban J connectivity index is 2.05. The molecule has 2 rings (SSSR count). The zero-order valence-electron chi connectivity index (χ0n) is 14.8. The highest BCUT2D eigenvalue weighted by Crippen LogP contribution is 2.43. The maximum Gasteiger partial charge on any atom is 0.0737 e. The van der Waals surface area contributed by atoms with Crippen molar-refractivity contribution in [1.82, 2.24) is 0 Å². The smallest absolute Gasteiger partial charge is 0.0737 e. The summed E-state index contributed by atoms with van der Waals surface area (Å²) in [5, 5.41) is 0. The van der Waals surface area contributed by atoms with Gasteiger partial charge in [-0.1, -0.05) is 52.4 Å². The lowest BCUT2D eigenvalue weighted by molar-refractivity contribution is 0.667. The first kappa shape index (κ1) is 20.7. The number of aryl methyl sites for hydroxylation is 2. The SMILES string of the molecule is CCCCCCc1cc(-c2sc(Br)cc2CCCCCC)sc1Br. The molecule has 0 aliphatic carbocycles. The maximum absolute atomic E-state index is 3.80. The van der Waals surface area contributed by atoms with Crippen LogP contribution in [0.5, 0.6) is 0 Å². The van der Waals surface area contributed by atoms with Crippen molar-refractivity contribution in [3.63, 3.8) is 0 Å². The molecule has 2 aromatic heterocycles. The van der Waals surface area contributed by atoms with Crippen LogP contribution in [0.25, 0.3) is 9.75 Å². The highest BCUT2D eigenvalue weighted by molar-refractivity contribution is 9.11. The maximum atomic E-state index is 3.80. The fourth-order valence-corrected chi connectivity index (χ4v) is 6.57. The first-order chi connectivity index (χ1) is 11.7. The highest BCUT2D eigenvalue weighted by Gasteiger charge is 2.15. The van der Waals surface area contributed by atoms with Crippen LogP contribution in [0.4, 0.5) is 0 Å². The van der Waals surface area contributed by atoms with Gasteiger partial charge in [0.05, 0.1) is 7.57 Å². The number of unbranched alkanes of at least 4 members (excludes halogenated alkanes) is 6. The van der Waals surface area contributed by atoms with Gasteiger partial charge in [-0.2, -0.15) is 0 Å². The molecule has 0 amide bonds. The number of thiophene rings is 2. The van der Waals surface area contributed by atoms with Gasteiger partial charge >= 0.3 is 0 Å². The average Bonchev–Trinajstić information content (AvgIpc) is 3.11. The van der Waals surface area contributed by atoms with E-state index in [0.29, 0.717) is 0 Å². The zero-order valence-corrected chi connectivity index (χ0v) is 19.6. The zero-order chi connectivity index (χ0) is 17.4. The monoisotopic (exact) mass is 490 g/mol. The number of rotatable bonds is 11. The second-order valence-electron chi connectivity index (χ2n) is 6.44. The van der Waals surface area contributed by atoms with E-state index in [-0.39, 0.29) is 0 Å². The summed E-state index contributed by atoms with van der Waals surface area (Å²) in [4.78, 5) is 2.91. The molecule has 0 aromatic carbocycles. The molecule has 0 bridgehead atoms. The van der Waals surface area contributed by atoms with E-state index in [0.717, 1.165) is 0 Å². The van der Waals surface area contributed by atoms with Crippen molar-refractivity contribution in [2.24, 2.45) is 0 Å². The highest BCUT2D eigenvalue weighted by atomic mass is 79.9. The van der Waals surface area contributed by atoms with Gasteiger partial charge in [-0.3, -0.25) is 0 Å². The van der Waals surface area contributed by atoms with Gasteiger partial charge in [0.1, 0.15) is 0 Å². The van der Waals surface area contributed by atoms with E-state index in [2.05, 4.69) is 57.8 Å². The molecule has 0 unspecified atom stereocenters. The van der Waals surface area contributed by atoms with Crippen molar-refractivity contribution >= 4 is 54.5 Å². The van der Waals surface area contributed by atoms with Crippen LogP contribution in [0.2, 0.25) is 0 Å². The largest absolute Gasteiger partial charge is 0.127 e. The third-order valence-corrected chi connectivity index (χ3v) is 8.18. The van der Waals surface area contributed by atoms with Crippen LogP contribution in [0, 0.1) is 0 Å². The topological polar surface area (TPSA) is 0 Å². The Morgan fingerprint density at radius 2 is 1.38 bits per heavy atom. The summed E-state index contributed by atoms with van der Waals surface area (Å²) >= 11 is 11.3. The molecule has 4 heteroatoms. The Morgan fingerprint density at radius 1 is 0.750 bits per heavy atom. The standard InChI is InChI=1S/C20H28Br2S2/c1-3-5-7-9-11-15-14-18(21)24-19(15)17-13-16(20(22)23-17)12-10-8-6-4-2/h13-14H,3-12H2,1-2H3. The molecule has 0 nitrogen and oxygen atoms in total. The first-order valence-electron chi connectivity index (χ1n) is 9.22. The predicted octanol–water partition coefficient (Wildman–Crippen LogP) is 9.25. The van der Waals surface area contributed by atoms with Gasteiger partial charge in [0.25, 0.3) is 0 Å². The van der Waals surface area contributed by atoms with Crippen molar-refractivity contribution in [2.45, 2.75) is 78.1 Å². The quantitative estimate of drug-likeness (QED) is 0.274. The minimum absolute atomic E-state index is 1.20. The first-order valence-corrected chi connectivity index (χ1v) is 12.4. The second kappa shape index (κ2) is 11.2. The van der Waals surface area contributed by atoms with Crippen LogP contribution in [0.3, 0.4) is 0 Å². The predicted molar refractivity (Wildman–Crippen MR) is 119 cm³/mol. The molecule has 0 spiro atoms. The van der Waals surface area contributed by atoms with E-state index in [1.807, 2.05) is 22.7 Å². The molecular formula is C20H28Br2S2. The van der Waals surface area contributed by atoms with Crippen LogP contribution in [-0.4, -0.2) is 0 Å². The van der Waals surface area contributed by atoms with Crippen LogP contribution >= 0.6 is 54.5 Å². The van der Waals surface area contributed by atoms with Gasteiger partial charge < -0.3 is 0 Å². The lowest BCUT2D eigenvalue weighted by atomic mass is 10.1. The van der Waals surface area contributed by atoms with E-state index in [4.69, 9.17) is 0 Å². The van der Waals surface area contributed by atoms with E-state index in [1.165, 1.54) is 92.7 Å². The van der Waals surface area contributed by atoms with Gasteiger partial charge in [0, 0.05) is 9.75 Å². The Labute approximate surface area is 172 Å². The van der Waals surface area contributed by atoms with Crippen molar-refractivity contribution in [2.75, 3.05) is 0 Å². The average molecular weight is 492 g/mol. The molecule has 2 aromatic rings. The molecule has 0 saturated carbocycles. The van der Waals surface area contributed by atoms with Crippen LogP contribution in [0.1, 0.15) is 76.3 Å². The summed E-state index contributed by atoms with van der Waals surface area (Å²) in [5.41, 5.74) is 3.02. The summed E-state index contributed by atoms with van der Waals surface area (Å²) < 4.78 is 2.59. The van der Waals surface area contributed by atoms with E-state index < -0.39 is 0 Å². The molecule has 0 aliphatic heterocycles. The molecule has 0 N–H and O–H groups in total. The molecular weight excluding hydrogens is 464 g/mol. The Kier molecular flexibility index (Phi) is 9.61. The summed E-state index contributed by atoms with van der Waals surface area (Å²) in [6, 6.07) is 4.76. The molecule has 0 aliphatic rings.